The summed E-state index contributed by atoms with van der Waals surface area (Å²) >= 11 is 6.14. The molecule has 6 heteroatoms. The van der Waals surface area contributed by atoms with Gasteiger partial charge in [-0.3, -0.25) is 4.90 Å². The van der Waals surface area contributed by atoms with E-state index in [4.69, 9.17) is 21.4 Å². The van der Waals surface area contributed by atoms with Crippen LogP contribution in [0.5, 0.6) is 11.6 Å². The van der Waals surface area contributed by atoms with Gasteiger partial charge < -0.3 is 9.84 Å². The second-order valence-corrected chi connectivity index (χ2v) is 10.1. The first-order valence-corrected chi connectivity index (χ1v) is 12.9. The molecule has 1 N–H and O–H groups in total. The van der Waals surface area contributed by atoms with Gasteiger partial charge in [-0.2, -0.15) is 5.10 Å². The molecular formula is C30H32ClN3O2. The van der Waals surface area contributed by atoms with E-state index in [0.29, 0.717) is 36.3 Å². The average Bonchev–Trinajstić information content (AvgIpc) is 3.65. The SMILES string of the molecule is Cc1nn(-c2ccc(Cl)cc2)c(Oc2ccccc2)c1CN(CC(O)Cc1ccccc1)CC1CC1. The van der Waals surface area contributed by atoms with Crippen LogP contribution in [-0.2, 0) is 13.0 Å². The van der Waals surface area contributed by atoms with Crippen molar-refractivity contribution >= 4 is 11.6 Å². The molecule has 1 atom stereocenters. The molecule has 0 bridgehead atoms. The number of hydrogen-bond donors (Lipinski definition) is 1. The molecule has 4 aromatic rings. The molecule has 186 valence electrons. The van der Waals surface area contributed by atoms with Crippen molar-refractivity contribution < 1.29 is 9.84 Å². The standard InChI is InChI=1S/C30H32ClN3O2/c1-22-29(21-33(19-24-12-13-24)20-27(35)18-23-8-4-2-5-9-23)30(36-28-10-6-3-7-11-28)34(32-22)26-16-14-25(31)15-17-26/h2-11,14-17,24,27,35H,12-13,18-21H2,1H3. The van der Waals surface area contributed by atoms with Crippen molar-refractivity contribution in [1.82, 2.24) is 14.7 Å². The molecule has 1 saturated carbocycles. The van der Waals surface area contributed by atoms with Crippen molar-refractivity contribution in [3.8, 4) is 17.3 Å². The summed E-state index contributed by atoms with van der Waals surface area (Å²) in [6, 6.07) is 27.6. The molecule has 5 nitrogen and oxygen atoms in total. The van der Waals surface area contributed by atoms with Crippen LogP contribution in [0.15, 0.2) is 84.9 Å². The van der Waals surface area contributed by atoms with Crippen molar-refractivity contribution in [2.75, 3.05) is 13.1 Å². The van der Waals surface area contributed by atoms with Crippen LogP contribution in [0.2, 0.25) is 5.02 Å². The molecule has 1 unspecified atom stereocenters. The van der Waals surface area contributed by atoms with E-state index in [1.807, 2.05) is 84.4 Å². The number of aromatic nitrogens is 2. The summed E-state index contributed by atoms with van der Waals surface area (Å²) in [5.74, 6) is 2.14. The van der Waals surface area contributed by atoms with E-state index < -0.39 is 6.10 Å². The maximum absolute atomic E-state index is 11.0. The summed E-state index contributed by atoms with van der Waals surface area (Å²) < 4.78 is 8.30. The fourth-order valence-electron chi connectivity index (χ4n) is 4.52. The topological polar surface area (TPSA) is 50.5 Å². The minimum Gasteiger partial charge on any atom is -0.439 e. The van der Waals surface area contributed by atoms with Crippen molar-refractivity contribution in [2.24, 2.45) is 5.92 Å². The fourth-order valence-corrected chi connectivity index (χ4v) is 4.65. The second-order valence-electron chi connectivity index (χ2n) is 9.65. The summed E-state index contributed by atoms with van der Waals surface area (Å²) in [5, 5.41) is 16.5. The number of para-hydroxylation sites is 1. The van der Waals surface area contributed by atoms with Gasteiger partial charge in [0.05, 0.1) is 23.0 Å². The van der Waals surface area contributed by atoms with Crippen LogP contribution in [0.25, 0.3) is 5.69 Å². The Hall–Kier alpha value is -3.12. The number of rotatable bonds is 11. The molecule has 0 saturated heterocycles. The summed E-state index contributed by atoms with van der Waals surface area (Å²) in [6.07, 6.45) is 2.69. The highest BCUT2D eigenvalue weighted by molar-refractivity contribution is 6.30. The number of nitrogens with zero attached hydrogens (tertiary/aromatic N) is 3. The van der Waals surface area contributed by atoms with E-state index in [2.05, 4.69) is 17.0 Å². The summed E-state index contributed by atoms with van der Waals surface area (Å²) in [5.41, 5.74) is 3.98. The van der Waals surface area contributed by atoms with Gasteiger partial charge in [-0.05, 0) is 74.1 Å². The third kappa shape index (κ3) is 6.35. The van der Waals surface area contributed by atoms with Crippen LogP contribution in [0.4, 0.5) is 0 Å². The molecule has 0 aliphatic heterocycles. The van der Waals surface area contributed by atoms with Crippen LogP contribution >= 0.6 is 11.6 Å². The lowest BCUT2D eigenvalue weighted by Gasteiger charge is -2.25. The molecule has 0 spiro atoms. The summed E-state index contributed by atoms with van der Waals surface area (Å²) in [6.45, 7) is 4.24. The van der Waals surface area contributed by atoms with Gasteiger partial charge in [0.15, 0.2) is 0 Å². The lowest BCUT2D eigenvalue weighted by atomic mass is 10.1. The molecule has 0 amide bonds. The quantitative estimate of drug-likeness (QED) is 0.257. The van der Waals surface area contributed by atoms with Gasteiger partial charge in [0.25, 0.3) is 0 Å². The Labute approximate surface area is 217 Å². The summed E-state index contributed by atoms with van der Waals surface area (Å²) in [7, 11) is 0. The number of aryl methyl sites for hydroxylation is 1. The Kier molecular flexibility index (Phi) is 7.71. The predicted octanol–water partition coefficient (Wildman–Crippen LogP) is 6.44. The minimum absolute atomic E-state index is 0.448. The second kappa shape index (κ2) is 11.3. The van der Waals surface area contributed by atoms with Crippen LogP contribution in [0.1, 0.15) is 29.7 Å². The van der Waals surface area contributed by atoms with Crippen molar-refractivity contribution in [3.63, 3.8) is 0 Å². The van der Waals surface area contributed by atoms with E-state index in [1.165, 1.54) is 12.8 Å². The first kappa shape index (κ1) is 24.6. The Morgan fingerprint density at radius 3 is 2.33 bits per heavy atom. The monoisotopic (exact) mass is 501 g/mol. The molecule has 1 aromatic heterocycles. The molecule has 1 heterocycles. The van der Waals surface area contributed by atoms with E-state index in [1.54, 1.807) is 0 Å². The molecule has 1 aliphatic carbocycles. The Morgan fingerprint density at radius 1 is 1.00 bits per heavy atom. The zero-order valence-corrected chi connectivity index (χ0v) is 21.3. The fraction of sp³-hybridized carbons (Fsp3) is 0.300. The highest BCUT2D eigenvalue weighted by atomic mass is 35.5. The lowest BCUT2D eigenvalue weighted by molar-refractivity contribution is 0.105. The Bertz CT molecular complexity index is 1250. The summed E-state index contributed by atoms with van der Waals surface area (Å²) in [4.78, 5) is 2.36. The molecule has 3 aromatic carbocycles. The molecule has 1 aliphatic rings. The van der Waals surface area contributed by atoms with Gasteiger partial charge in [-0.25, -0.2) is 4.68 Å². The molecule has 36 heavy (non-hydrogen) atoms. The van der Waals surface area contributed by atoms with E-state index in [-0.39, 0.29) is 0 Å². The minimum atomic E-state index is -0.448. The highest BCUT2D eigenvalue weighted by Crippen LogP contribution is 2.34. The van der Waals surface area contributed by atoms with E-state index in [0.717, 1.165) is 34.8 Å². The number of aliphatic hydroxyl groups excluding tert-OH is 1. The number of aliphatic hydroxyl groups is 1. The maximum Gasteiger partial charge on any atom is 0.227 e. The number of benzene rings is 3. The van der Waals surface area contributed by atoms with Gasteiger partial charge in [-0.1, -0.05) is 60.1 Å². The number of hydrogen-bond acceptors (Lipinski definition) is 4. The van der Waals surface area contributed by atoms with E-state index >= 15 is 0 Å². The Balaban J connectivity index is 1.43. The predicted molar refractivity (Wildman–Crippen MR) is 144 cm³/mol. The van der Waals surface area contributed by atoms with Gasteiger partial charge in [-0.15, -0.1) is 0 Å². The number of ether oxygens (including phenoxy) is 1. The molecular weight excluding hydrogens is 470 g/mol. The molecule has 0 radical (unpaired) electrons. The third-order valence-electron chi connectivity index (χ3n) is 6.54. The van der Waals surface area contributed by atoms with Gasteiger partial charge >= 0.3 is 0 Å². The normalized spacial score (nSPS) is 14.2. The van der Waals surface area contributed by atoms with Gasteiger partial charge in [0.1, 0.15) is 5.75 Å². The maximum atomic E-state index is 11.0. The largest absolute Gasteiger partial charge is 0.439 e. The average molecular weight is 502 g/mol. The number of halogens is 1. The van der Waals surface area contributed by atoms with Crippen LogP contribution in [0.3, 0.4) is 0 Å². The first-order valence-electron chi connectivity index (χ1n) is 12.6. The Morgan fingerprint density at radius 2 is 1.67 bits per heavy atom. The smallest absolute Gasteiger partial charge is 0.227 e. The lowest BCUT2D eigenvalue weighted by Crippen LogP contribution is -2.35. The van der Waals surface area contributed by atoms with E-state index in [9.17, 15) is 5.11 Å². The zero-order valence-electron chi connectivity index (χ0n) is 20.6. The molecule has 1 fully saturated rings. The van der Waals surface area contributed by atoms with Crippen molar-refractivity contribution in [2.45, 2.75) is 38.8 Å². The molecule has 5 rings (SSSR count). The van der Waals surface area contributed by atoms with Gasteiger partial charge in [0.2, 0.25) is 5.88 Å². The van der Waals surface area contributed by atoms with Crippen molar-refractivity contribution in [1.29, 1.82) is 0 Å². The first-order chi connectivity index (χ1) is 17.5. The zero-order chi connectivity index (χ0) is 24.9. The van der Waals surface area contributed by atoms with Crippen LogP contribution < -0.4 is 4.74 Å². The van der Waals surface area contributed by atoms with Crippen LogP contribution in [0, 0.1) is 12.8 Å². The highest BCUT2D eigenvalue weighted by Gasteiger charge is 2.28. The van der Waals surface area contributed by atoms with Crippen molar-refractivity contribution in [3.05, 3.63) is 107 Å². The van der Waals surface area contributed by atoms with Crippen LogP contribution in [-0.4, -0.2) is 39.0 Å². The van der Waals surface area contributed by atoms with Gasteiger partial charge in [0, 0.05) is 24.7 Å². The third-order valence-corrected chi connectivity index (χ3v) is 6.80.